The number of nitrogens with one attached hydrogen (secondary N) is 1. The van der Waals surface area contributed by atoms with Gasteiger partial charge in [0.25, 0.3) is 11.6 Å². The van der Waals surface area contributed by atoms with E-state index in [4.69, 9.17) is 0 Å². The van der Waals surface area contributed by atoms with Crippen LogP contribution in [0.25, 0.3) is 11.3 Å². The van der Waals surface area contributed by atoms with Crippen molar-refractivity contribution >= 4 is 49.7 Å². The number of thiazole rings is 1. The van der Waals surface area contributed by atoms with E-state index in [1.807, 2.05) is 34.5 Å². The van der Waals surface area contributed by atoms with Crippen LogP contribution in [0.5, 0.6) is 0 Å². The zero-order valence-electron chi connectivity index (χ0n) is 16.0. The molecule has 1 aliphatic rings. The highest BCUT2D eigenvalue weighted by atomic mass is 79.9. The van der Waals surface area contributed by atoms with E-state index in [9.17, 15) is 14.9 Å². The van der Waals surface area contributed by atoms with Gasteiger partial charge in [-0.05, 0) is 43.5 Å². The molecule has 1 amide bonds. The van der Waals surface area contributed by atoms with E-state index in [2.05, 4.69) is 26.2 Å². The van der Waals surface area contributed by atoms with Gasteiger partial charge in [0.15, 0.2) is 5.13 Å². The summed E-state index contributed by atoms with van der Waals surface area (Å²) in [7, 11) is 0. The predicted octanol–water partition coefficient (Wildman–Crippen LogP) is 5.72. The molecule has 1 saturated heterocycles. The molecule has 2 heterocycles. The number of anilines is 2. The van der Waals surface area contributed by atoms with Crippen LogP contribution in [0.2, 0.25) is 0 Å². The number of amides is 1. The van der Waals surface area contributed by atoms with Crippen LogP contribution < -0.4 is 10.2 Å². The van der Waals surface area contributed by atoms with Crippen LogP contribution in [-0.4, -0.2) is 28.9 Å². The number of halogens is 1. The average molecular weight is 487 g/mol. The number of piperidine rings is 1. The number of nitro benzene ring substituents is 1. The number of carbonyl (C=O) groups excluding carboxylic acids is 1. The van der Waals surface area contributed by atoms with Crippen LogP contribution in [0, 0.1) is 10.1 Å². The predicted molar refractivity (Wildman–Crippen MR) is 122 cm³/mol. The SMILES string of the molecule is O=C(Nc1nc(-c2ccc(Br)cc2)cs1)c1ccc(N2CCCCC2)c([N+](=O)[O-])c1. The zero-order chi connectivity index (χ0) is 21.1. The Morgan fingerprint density at radius 2 is 1.87 bits per heavy atom. The number of aromatic nitrogens is 1. The summed E-state index contributed by atoms with van der Waals surface area (Å²) in [5.74, 6) is -0.417. The molecular formula is C21H19BrN4O3S. The van der Waals surface area contributed by atoms with Crippen LogP contribution in [0.4, 0.5) is 16.5 Å². The van der Waals surface area contributed by atoms with Crippen LogP contribution >= 0.6 is 27.3 Å². The fourth-order valence-corrected chi connectivity index (χ4v) is 4.45. The molecule has 0 unspecified atom stereocenters. The van der Waals surface area contributed by atoms with Crippen LogP contribution in [0.1, 0.15) is 29.6 Å². The summed E-state index contributed by atoms with van der Waals surface area (Å²) in [6, 6.07) is 12.4. The first-order chi connectivity index (χ1) is 14.5. The number of nitrogens with zero attached hydrogens (tertiary/aromatic N) is 3. The van der Waals surface area contributed by atoms with Crippen molar-refractivity contribution in [2.24, 2.45) is 0 Å². The first-order valence-corrected chi connectivity index (χ1v) is 11.2. The minimum atomic E-state index is -0.421. The molecule has 30 heavy (non-hydrogen) atoms. The summed E-state index contributed by atoms with van der Waals surface area (Å²) in [4.78, 5) is 30.4. The Bertz CT molecular complexity index is 1080. The molecule has 154 valence electrons. The largest absolute Gasteiger partial charge is 0.366 e. The number of rotatable bonds is 5. The van der Waals surface area contributed by atoms with Gasteiger partial charge in [-0.25, -0.2) is 4.98 Å². The fraction of sp³-hybridized carbons (Fsp3) is 0.238. The highest BCUT2D eigenvalue weighted by Gasteiger charge is 2.23. The lowest BCUT2D eigenvalue weighted by Gasteiger charge is -2.28. The van der Waals surface area contributed by atoms with Crippen molar-refractivity contribution in [3.63, 3.8) is 0 Å². The van der Waals surface area contributed by atoms with Crippen molar-refractivity contribution in [3.8, 4) is 11.3 Å². The number of benzene rings is 2. The van der Waals surface area contributed by atoms with E-state index in [1.165, 1.54) is 17.4 Å². The van der Waals surface area contributed by atoms with Crippen molar-refractivity contribution in [1.82, 2.24) is 4.98 Å². The van der Waals surface area contributed by atoms with Crippen LogP contribution in [-0.2, 0) is 0 Å². The van der Waals surface area contributed by atoms with E-state index < -0.39 is 10.8 Å². The lowest BCUT2D eigenvalue weighted by Crippen LogP contribution is -2.30. The van der Waals surface area contributed by atoms with E-state index in [1.54, 1.807) is 12.1 Å². The van der Waals surface area contributed by atoms with Crippen molar-refractivity contribution in [2.75, 3.05) is 23.3 Å². The monoisotopic (exact) mass is 486 g/mol. The highest BCUT2D eigenvalue weighted by molar-refractivity contribution is 9.10. The second-order valence-corrected chi connectivity index (χ2v) is 8.78. The van der Waals surface area contributed by atoms with Crippen molar-refractivity contribution in [1.29, 1.82) is 0 Å². The molecule has 0 saturated carbocycles. The van der Waals surface area contributed by atoms with Gasteiger partial charge >= 0.3 is 0 Å². The lowest BCUT2D eigenvalue weighted by molar-refractivity contribution is -0.384. The second-order valence-electron chi connectivity index (χ2n) is 7.01. The Hall–Kier alpha value is -2.78. The maximum absolute atomic E-state index is 12.7. The van der Waals surface area contributed by atoms with Gasteiger partial charge < -0.3 is 4.90 Å². The highest BCUT2D eigenvalue weighted by Crippen LogP contribution is 2.32. The summed E-state index contributed by atoms with van der Waals surface area (Å²) in [5, 5.41) is 16.7. The lowest BCUT2D eigenvalue weighted by atomic mass is 10.1. The third-order valence-electron chi connectivity index (χ3n) is 5.00. The van der Waals surface area contributed by atoms with E-state index in [0.29, 0.717) is 10.8 Å². The van der Waals surface area contributed by atoms with Gasteiger partial charge in [0.2, 0.25) is 0 Å². The Balaban J connectivity index is 1.52. The Morgan fingerprint density at radius 1 is 1.13 bits per heavy atom. The minimum absolute atomic E-state index is 0.0424. The number of hydrogen-bond donors (Lipinski definition) is 1. The van der Waals surface area contributed by atoms with Gasteiger partial charge in [0, 0.05) is 40.1 Å². The minimum Gasteiger partial charge on any atom is -0.366 e. The quantitative estimate of drug-likeness (QED) is 0.367. The fourth-order valence-electron chi connectivity index (χ4n) is 3.47. The average Bonchev–Trinajstić information content (AvgIpc) is 3.22. The Kier molecular flexibility index (Phi) is 6.10. The summed E-state index contributed by atoms with van der Waals surface area (Å²) >= 11 is 4.71. The molecule has 9 heteroatoms. The summed E-state index contributed by atoms with van der Waals surface area (Å²) in [6.07, 6.45) is 3.18. The van der Waals surface area contributed by atoms with E-state index in [-0.39, 0.29) is 11.3 Å². The molecule has 3 aromatic rings. The molecule has 2 aromatic carbocycles. The van der Waals surface area contributed by atoms with Gasteiger partial charge in [0.05, 0.1) is 10.6 Å². The molecule has 0 aliphatic carbocycles. The van der Waals surface area contributed by atoms with Gasteiger partial charge in [-0.3, -0.25) is 20.2 Å². The van der Waals surface area contributed by atoms with Crippen molar-refractivity contribution < 1.29 is 9.72 Å². The Morgan fingerprint density at radius 3 is 2.57 bits per heavy atom. The molecule has 1 aromatic heterocycles. The molecule has 0 radical (unpaired) electrons. The smallest absolute Gasteiger partial charge is 0.293 e. The van der Waals surface area contributed by atoms with Crippen molar-refractivity contribution in [2.45, 2.75) is 19.3 Å². The topological polar surface area (TPSA) is 88.4 Å². The third kappa shape index (κ3) is 4.52. The van der Waals surface area contributed by atoms with Crippen LogP contribution in [0.15, 0.2) is 52.3 Å². The molecule has 0 bridgehead atoms. The standard InChI is InChI=1S/C21H19BrN4O3S/c22-16-7-4-14(5-8-16)17-13-30-21(23-17)24-20(27)15-6-9-18(19(12-15)26(28)29)25-10-2-1-3-11-25/h4-9,12-13H,1-3,10-11H2,(H,23,24,27). The zero-order valence-corrected chi connectivity index (χ0v) is 18.4. The van der Waals surface area contributed by atoms with Crippen molar-refractivity contribution in [3.05, 3.63) is 68.0 Å². The molecule has 1 aliphatic heterocycles. The summed E-state index contributed by atoms with van der Waals surface area (Å²) < 4.78 is 0.976. The number of carbonyl (C=O) groups is 1. The maximum Gasteiger partial charge on any atom is 0.293 e. The second kappa shape index (κ2) is 8.93. The number of hydrogen-bond acceptors (Lipinski definition) is 6. The summed E-state index contributed by atoms with van der Waals surface area (Å²) in [5.41, 5.74) is 2.47. The first kappa shape index (κ1) is 20.5. The summed E-state index contributed by atoms with van der Waals surface area (Å²) in [6.45, 7) is 1.59. The maximum atomic E-state index is 12.7. The molecule has 1 fully saturated rings. The number of nitro groups is 1. The molecule has 7 nitrogen and oxygen atoms in total. The van der Waals surface area contributed by atoms with Gasteiger partial charge in [-0.15, -0.1) is 11.3 Å². The Labute approximate surface area is 186 Å². The molecule has 0 spiro atoms. The van der Waals surface area contributed by atoms with E-state index in [0.717, 1.165) is 48.1 Å². The van der Waals surface area contributed by atoms with Gasteiger partial charge in [0.1, 0.15) is 5.69 Å². The third-order valence-corrected chi connectivity index (χ3v) is 6.28. The van der Waals surface area contributed by atoms with E-state index >= 15 is 0 Å². The van der Waals surface area contributed by atoms with Crippen LogP contribution in [0.3, 0.4) is 0 Å². The molecule has 1 N–H and O–H groups in total. The first-order valence-electron chi connectivity index (χ1n) is 9.57. The normalized spacial score (nSPS) is 13.8. The molecule has 4 rings (SSSR count). The van der Waals surface area contributed by atoms with Gasteiger partial charge in [-0.1, -0.05) is 28.1 Å². The van der Waals surface area contributed by atoms with Gasteiger partial charge in [-0.2, -0.15) is 0 Å². The molecule has 0 atom stereocenters. The molecular weight excluding hydrogens is 468 g/mol.